The second kappa shape index (κ2) is 6.29. The zero-order valence-corrected chi connectivity index (χ0v) is 14.0. The number of hydrogen-bond acceptors (Lipinski definition) is 5. The lowest BCUT2D eigenvalue weighted by atomic mass is 9.97. The molecule has 0 atom stereocenters. The van der Waals surface area contributed by atoms with Crippen LogP contribution in [0.2, 0.25) is 0 Å². The molecular formula is C17H20N4OS. The Morgan fingerprint density at radius 2 is 2.13 bits per heavy atom. The van der Waals surface area contributed by atoms with E-state index < -0.39 is 0 Å². The van der Waals surface area contributed by atoms with Gasteiger partial charge in [0.1, 0.15) is 0 Å². The minimum Gasteiger partial charge on any atom is -0.481 e. The summed E-state index contributed by atoms with van der Waals surface area (Å²) in [5.41, 5.74) is 2.27. The average Bonchev–Trinajstić information content (AvgIpc) is 3.21. The van der Waals surface area contributed by atoms with Gasteiger partial charge in [0.15, 0.2) is 0 Å². The van der Waals surface area contributed by atoms with Gasteiger partial charge in [-0.25, -0.2) is 10.1 Å². The van der Waals surface area contributed by atoms with Crippen LogP contribution in [-0.4, -0.2) is 40.3 Å². The first-order valence-electron chi connectivity index (χ1n) is 7.97. The number of thiazole rings is 1. The van der Waals surface area contributed by atoms with E-state index in [1.165, 1.54) is 22.5 Å². The summed E-state index contributed by atoms with van der Waals surface area (Å²) < 4.78 is 6.60. The normalized spacial score (nSPS) is 16.9. The van der Waals surface area contributed by atoms with E-state index in [1.54, 1.807) is 7.11 Å². The van der Waals surface area contributed by atoms with Gasteiger partial charge in [-0.15, -0.1) is 11.3 Å². The number of para-hydroxylation sites is 1. The Hall–Kier alpha value is -1.92. The highest BCUT2D eigenvalue weighted by atomic mass is 32.1. The van der Waals surface area contributed by atoms with Gasteiger partial charge in [0.2, 0.25) is 5.88 Å². The zero-order valence-electron chi connectivity index (χ0n) is 13.2. The van der Waals surface area contributed by atoms with Crippen molar-refractivity contribution < 1.29 is 4.74 Å². The molecule has 1 aliphatic rings. The Labute approximate surface area is 139 Å². The Kier molecular flexibility index (Phi) is 4.01. The molecule has 3 aromatic rings. The Morgan fingerprint density at radius 3 is 2.91 bits per heavy atom. The van der Waals surface area contributed by atoms with Crippen molar-refractivity contribution in [3.63, 3.8) is 0 Å². The van der Waals surface area contributed by atoms with Gasteiger partial charge in [-0.3, -0.25) is 4.90 Å². The van der Waals surface area contributed by atoms with Crippen LogP contribution in [0.25, 0.3) is 10.2 Å². The molecule has 120 valence electrons. The van der Waals surface area contributed by atoms with Crippen molar-refractivity contribution in [2.45, 2.75) is 25.3 Å². The molecule has 0 saturated carbocycles. The molecule has 4 rings (SSSR count). The molecule has 3 heterocycles. The van der Waals surface area contributed by atoms with Crippen molar-refractivity contribution in [2.24, 2.45) is 0 Å². The van der Waals surface area contributed by atoms with Crippen LogP contribution in [-0.2, 0) is 6.54 Å². The summed E-state index contributed by atoms with van der Waals surface area (Å²) in [7, 11) is 1.68. The number of H-pyrrole nitrogens is 1. The van der Waals surface area contributed by atoms with Crippen molar-refractivity contribution in [1.82, 2.24) is 20.1 Å². The third-order valence-corrected chi connectivity index (χ3v) is 5.72. The van der Waals surface area contributed by atoms with E-state index in [4.69, 9.17) is 9.72 Å². The van der Waals surface area contributed by atoms with E-state index >= 15 is 0 Å². The number of nitrogens with one attached hydrogen (secondary N) is 1. The number of fused-ring (bicyclic) bond motifs is 1. The largest absolute Gasteiger partial charge is 0.481 e. The van der Waals surface area contributed by atoms with E-state index in [0.717, 1.165) is 36.6 Å². The first kappa shape index (κ1) is 14.7. The van der Waals surface area contributed by atoms with Crippen LogP contribution in [0.15, 0.2) is 30.5 Å². The van der Waals surface area contributed by atoms with Gasteiger partial charge >= 0.3 is 0 Å². The fourth-order valence-electron chi connectivity index (χ4n) is 3.23. The maximum absolute atomic E-state index is 5.30. The van der Waals surface area contributed by atoms with Crippen LogP contribution < -0.4 is 4.74 Å². The minimum atomic E-state index is 0.592. The average molecular weight is 328 g/mol. The number of rotatable bonds is 4. The molecule has 1 saturated heterocycles. The highest BCUT2D eigenvalue weighted by molar-refractivity contribution is 7.18. The fraction of sp³-hybridized carbons (Fsp3) is 0.412. The van der Waals surface area contributed by atoms with Crippen molar-refractivity contribution in [3.05, 3.63) is 41.0 Å². The zero-order chi connectivity index (χ0) is 15.6. The molecule has 1 fully saturated rings. The monoisotopic (exact) mass is 328 g/mol. The van der Waals surface area contributed by atoms with Gasteiger partial charge in [0.25, 0.3) is 0 Å². The molecule has 0 amide bonds. The van der Waals surface area contributed by atoms with Crippen LogP contribution in [0.1, 0.15) is 29.3 Å². The first-order chi connectivity index (χ1) is 11.3. The van der Waals surface area contributed by atoms with Crippen LogP contribution in [0.3, 0.4) is 0 Å². The number of ether oxygens (including phenoxy) is 1. The number of aromatic amines is 1. The topological polar surface area (TPSA) is 54.0 Å². The van der Waals surface area contributed by atoms with Gasteiger partial charge < -0.3 is 4.74 Å². The lowest BCUT2D eigenvalue weighted by molar-refractivity contribution is 0.202. The van der Waals surface area contributed by atoms with Gasteiger partial charge in [0.05, 0.1) is 28.5 Å². The number of benzene rings is 1. The molecule has 2 aromatic heterocycles. The molecule has 0 spiro atoms. The summed E-state index contributed by atoms with van der Waals surface area (Å²) in [6.45, 7) is 3.08. The first-order valence-corrected chi connectivity index (χ1v) is 8.79. The summed E-state index contributed by atoms with van der Waals surface area (Å²) in [5, 5.41) is 8.25. The minimum absolute atomic E-state index is 0.592. The molecule has 1 aliphatic heterocycles. The number of methoxy groups -OCH3 is 1. The smallest absolute Gasteiger partial charge is 0.213 e. The Balaban J connectivity index is 1.40. The number of nitrogens with zero attached hydrogens (tertiary/aromatic N) is 3. The molecule has 1 aromatic carbocycles. The summed E-state index contributed by atoms with van der Waals surface area (Å²) >= 11 is 1.85. The van der Waals surface area contributed by atoms with Gasteiger partial charge in [-0.1, -0.05) is 12.1 Å². The van der Waals surface area contributed by atoms with Gasteiger partial charge in [-0.05, 0) is 38.1 Å². The molecular weight excluding hydrogens is 308 g/mol. The lowest BCUT2D eigenvalue weighted by Crippen LogP contribution is -2.32. The van der Waals surface area contributed by atoms with Crippen LogP contribution in [0.5, 0.6) is 5.88 Å². The molecule has 0 radical (unpaired) electrons. The predicted octanol–water partition coefficient (Wildman–Crippen LogP) is 3.41. The summed E-state index contributed by atoms with van der Waals surface area (Å²) in [5.74, 6) is 1.37. The Bertz CT molecular complexity index is 756. The summed E-state index contributed by atoms with van der Waals surface area (Å²) in [6, 6.07) is 8.42. The maximum atomic E-state index is 5.30. The van der Waals surface area contributed by atoms with Crippen LogP contribution in [0.4, 0.5) is 0 Å². The van der Waals surface area contributed by atoms with Crippen LogP contribution >= 0.6 is 11.3 Å². The molecule has 6 heteroatoms. The summed E-state index contributed by atoms with van der Waals surface area (Å²) in [6.07, 6.45) is 4.19. The number of aromatic nitrogens is 3. The van der Waals surface area contributed by atoms with Crippen molar-refractivity contribution >= 4 is 21.6 Å². The number of piperidine rings is 1. The number of likely N-dealkylation sites (tertiary alicyclic amines) is 1. The maximum Gasteiger partial charge on any atom is 0.213 e. The molecule has 0 unspecified atom stereocenters. The highest BCUT2D eigenvalue weighted by Gasteiger charge is 2.24. The fourth-order valence-corrected chi connectivity index (χ4v) is 4.37. The van der Waals surface area contributed by atoms with Crippen molar-refractivity contribution in [2.75, 3.05) is 20.2 Å². The Morgan fingerprint density at radius 1 is 1.30 bits per heavy atom. The molecule has 23 heavy (non-hydrogen) atoms. The van der Waals surface area contributed by atoms with Crippen molar-refractivity contribution in [3.8, 4) is 5.88 Å². The second-order valence-electron chi connectivity index (χ2n) is 6.00. The third kappa shape index (κ3) is 2.96. The summed E-state index contributed by atoms with van der Waals surface area (Å²) in [4.78, 5) is 7.30. The van der Waals surface area contributed by atoms with E-state index in [9.17, 15) is 0 Å². The van der Waals surface area contributed by atoms with Gasteiger partial charge in [-0.2, -0.15) is 5.10 Å². The second-order valence-corrected chi connectivity index (χ2v) is 7.06. The molecule has 1 N–H and O–H groups in total. The third-order valence-electron chi connectivity index (χ3n) is 4.52. The lowest BCUT2D eigenvalue weighted by Gasteiger charge is -2.30. The van der Waals surface area contributed by atoms with E-state index in [1.807, 2.05) is 17.5 Å². The number of hydrogen-bond donors (Lipinski definition) is 1. The quantitative estimate of drug-likeness (QED) is 0.797. The van der Waals surface area contributed by atoms with Gasteiger partial charge in [0, 0.05) is 18.0 Å². The van der Waals surface area contributed by atoms with Crippen LogP contribution in [0, 0.1) is 0 Å². The van der Waals surface area contributed by atoms with E-state index in [0.29, 0.717) is 5.92 Å². The molecule has 0 aliphatic carbocycles. The predicted molar refractivity (Wildman–Crippen MR) is 92.0 cm³/mol. The van der Waals surface area contributed by atoms with E-state index in [-0.39, 0.29) is 0 Å². The highest BCUT2D eigenvalue weighted by Crippen LogP contribution is 2.34. The van der Waals surface area contributed by atoms with Crippen molar-refractivity contribution in [1.29, 1.82) is 0 Å². The molecule has 0 bridgehead atoms. The van der Waals surface area contributed by atoms with E-state index in [2.05, 4.69) is 39.4 Å². The molecule has 5 nitrogen and oxygen atoms in total. The SMILES string of the molecule is COc1[nH]ncc1CN1CCC(c2nc3ccccc3s2)CC1. The standard InChI is InChI=1S/C17H20N4OS/c1-22-16-13(10-18-20-16)11-21-8-6-12(7-9-21)17-19-14-4-2-3-5-15(14)23-17/h2-5,10,12H,6-9,11H2,1H3,(H,18,20).